The van der Waals surface area contributed by atoms with Crippen molar-refractivity contribution >= 4 is 34.1 Å². The van der Waals surface area contributed by atoms with Crippen LogP contribution >= 0.6 is 23.1 Å². The van der Waals surface area contributed by atoms with Crippen molar-refractivity contribution in [2.45, 2.75) is 50.6 Å². The van der Waals surface area contributed by atoms with Gasteiger partial charge >= 0.3 is 0 Å². The Kier molecular flexibility index (Phi) is 6.95. The smallest absolute Gasteiger partial charge is 0.226 e. The molecule has 0 aliphatic heterocycles. The van der Waals surface area contributed by atoms with Crippen LogP contribution in [0.5, 0.6) is 0 Å². The van der Waals surface area contributed by atoms with Crippen molar-refractivity contribution in [3.8, 4) is 0 Å². The number of carbonyl (C=O) groups excluding carboxylic acids is 1. The van der Waals surface area contributed by atoms with Crippen molar-refractivity contribution in [2.75, 3.05) is 5.32 Å². The van der Waals surface area contributed by atoms with Gasteiger partial charge in [-0.3, -0.25) is 4.79 Å². The summed E-state index contributed by atoms with van der Waals surface area (Å²) in [6, 6.07) is 6.68. The van der Waals surface area contributed by atoms with Crippen LogP contribution < -0.4 is 5.32 Å². The largest absolute Gasteiger partial charge is 0.300 e. The van der Waals surface area contributed by atoms with Gasteiger partial charge < -0.3 is 5.32 Å². The van der Waals surface area contributed by atoms with Crippen molar-refractivity contribution in [3.63, 3.8) is 0 Å². The molecule has 0 radical (unpaired) electrons. The molecule has 1 N–H and O–H groups in total. The Morgan fingerprint density at radius 1 is 1.32 bits per heavy atom. The van der Waals surface area contributed by atoms with Gasteiger partial charge in [0.05, 0.1) is 0 Å². The van der Waals surface area contributed by atoms with Crippen LogP contribution in [0, 0.1) is 17.2 Å². The molecule has 1 aromatic carbocycles. The first-order valence-electron chi connectivity index (χ1n) is 8.22. The van der Waals surface area contributed by atoms with Crippen LogP contribution in [0.25, 0.3) is 0 Å². The zero-order chi connectivity index (χ0) is 18.4. The minimum absolute atomic E-state index is 0.0430. The number of hydrogen-bond donors (Lipinski definition) is 1. The summed E-state index contributed by atoms with van der Waals surface area (Å²) in [7, 11) is 0. The van der Waals surface area contributed by atoms with Crippen LogP contribution in [0.2, 0.25) is 0 Å². The van der Waals surface area contributed by atoms with Crippen LogP contribution in [0.1, 0.15) is 46.1 Å². The van der Waals surface area contributed by atoms with Gasteiger partial charge in [-0.15, -0.1) is 10.2 Å². The summed E-state index contributed by atoms with van der Waals surface area (Å²) < 4.78 is 14.3. The van der Waals surface area contributed by atoms with E-state index in [0.717, 1.165) is 6.42 Å². The molecule has 1 atom stereocenters. The molecular weight excluding hydrogens is 357 g/mol. The zero-order valence-electron chi connectivity index (χ0n) is 15.0. The predicted octanol–water partition coefficient (Wildman–Crippen LogP) is 5.37. The highest BCUT2D eigenvalue weighted by atomic mass is 32.2. The number of nitrogens with one attached hydrogen (secondary N) is 1. The fourth-order valence-corrected chi connectivity index (χ4v) is 4.43. The fourth-order valence-electron chi connectivity index (χ4n) is 2.68. The second-order valence-corrected chi connectivity index (χ2v) is 9.58. The van der Waals surface area contributed by atoms with Gasteiger partial charge in [0.25, 0.3) is 0 Å². The molecule has 0 bridgehead atoms. The lowest BCUT2D eigenvalue weighted by atomic mass is 9.84. The van der Waals surface area contributed by atoms with Gasteiger partial charge in [0.1, 0.15) is 5.82 Å². The van der Waals surface area contributed by atoms with Gasteiger partial charge in [-0.2, -0.15) is 0 Å². The summed E-state index contributed by atoms with van der Waals surface area (Å²) in [5, 5.41) is 11.3. The molecule has 2 aromatic rings. The van der Waals surface area contributed by atoms with Crippen molar-refractivity contribution in [1.29, 1.82) is 0 Å². The highest BCUT2D eigenvalue weighted by molar-refractivity contribution is 8.00. The summed E-state index contributed by atoms with van der Waals surface area (Å²) in [6.45, 7) is 8.60. The van der Waals surface area contributed by atoms with Gasteiger partial charge in [0.2, 0.25) is 11.0 Å². The standard InChI is InChI=1S/C18H24FN3OS2/c1-12(10-18(2,3)4)9-15(23)20-16-21-22-17(25-16)24-11-13-7-5-6-8-14(13)19/h5-8,12H,9-11H2,1-4H3,(H,20,21,23). The van der Waals surface area contributed by atoms with Crippen molar-refractivity contribution < 1.29 is 9.18 Å². The molecule has 0 spiro atoms. The van der Waals surface area contributed by atoms with Crippen LogP contribution in [0.4, 0.5) is 9.52 Å². The van der Waals surface area contributed by atoms with E-state index >= 15 is 0 Å². The first kappa shape index (κ1) is 19.8. The molecule has 1 unspecified atom stereocenters. The molecule has 136 valence electrons. The molecular formula is C18H24FN3OS2. The Morgan fingerprint density at radius 3 is 2.72 bits per heavy atom. The lowest BCUT2D eigenvalue weighted by Gasteiger charge is -2.22. The van der Waals surface area contributed by atoms with Gasteiger partial charge in [0.15, 0.2) is 4.34 Å². The number of aromatic nitrogens is 2. The third kappa shape index (κ3) is 7.12. The molecule has 25 heavy (non-hydrogen) atoms. The molecule has 0 saturated heterocycles. The van der Waals surface area contributed by atoms with Crippen LogP contribution in [-0.4, -0.2) is 16.1 Å². The molecule has 0 fully saturated rings. The Bertz CT molecular complexity index is 712. The second-order valence-electron chi connectivity index (χ2n) is 7.38. The maximum Gasteiger partial charge on any atom is 0.226 e. The number of thioether (sulfide) groups is 1. The number of rotatable bonds is 7. The number of carbonyl (C=O) groups is 1. The Labute approximate surface area is 156 Å². The number of amides is 1. The van der Waals surface area contributed by atoms with Crippen molar-refractivity contribution in [3.05, 3.63) is 35.6 Å². The van der Waals surface area contributed by atoms with E-state index in [1.165, 1.54) is 29.2 Å². The molecule has 4 nitrogen and oxygen atoms in total. The molecule has 2 rings (SSSR count). The molecule has 1 amide bonds. The van der Waals surface area contributed by atoms with Gasteiger partial charge in [0, 0.05) is 12.2 Å². The normalized spacial score (nSPS) is 12.8. The van der Waals surface area contributed by atoms with Gasteiger partial charge in [-0.25, -0.2) is 4.39 Å². The molecule has 0 aliphatic rings. The maximum atomic E-state index is 13.6. The first-order chi connectivity index (χ1) is 11.7. The van der Waals surface area contributed by atoms with Gasteiger partial charge in [-0.1, -0.05) is 69.0 Å². The zero-order valence-corrected chi connectivity index (χ0v) is 16.6. The second kappa shape index (κ2) is 8.76. The van der Waals surface area contributed by atoms with Gasteiger partial charge in [-0.05, 0) is 29.4 Å². The van der Waals surface area contributed by atoms with Crippen LogP contribution in [0.15, 0.2) is 28.6 Å². The number of nitrogens with zero attached hydrogens (tertiary/aromatic N) is 2. The first-order valence-corrected chi connectivity index (χ1v) is 10.0. The molecule has 0 aliphatic carbocycles. The number of anilines is 1. The maximum absolute atomic E-state index is 13.6. The lowest BCUT2D eigenvalue weighted by molar-refractivity contribution is -0.117. The monoisotopic (exact) mass is 381 g/mol. The fraction of sp³-hybridized carbons (Fsp3) is 0.500. The third-order valence-corrected chi connectivity index (χ3v) is 5.48. The average molecular weight is 382 g/mol. The number of halogens is 1. The van der Waals surface area contributed by atoms with E-state index in [4.69, 9.17) is 0 Å². The van der Waals surface area contributed by atoms with Crippen LogP contribution in [-0.2, 0) is 10.5 Å². The Morgan fingerprint density at radius 2 is 2.04 bits per heavy atom. The average Bonchev–Trinajstić information content (AvgIpc) is 2.91. The minimum Gasteiger partial charge on any atom is -0.300 e. The third-order valence-electron chi connectivity index (χ3n) is 3.46. The Hall–Kier alpha value is -1.47. The molecule has 1 aromatic heterocycles. The summed E-state index contributed by atoms with van der Waals surface area (Å²) in [5.74, 6) is 0.528. The Balaban J connectivity index is 1.82. The van der Waals surface area contributed by atoms with E-state index in [9.17, 15) is 9.18 Å². The highest BCUT2D eigenvalue weighted by Crippen LogP contribution is 2.30. The minimum atomic E-state index is -0.221. The van der Waals surface area contributed by atoms with E-state index in [0.29, 0.717) is 33.1 Å². The SMILES string of the molecule is CC(CC(=O)Nc1nnc(SCc2ccccc2F)s1)CC(C)(C)C. The highest BCUT2D eigenvalue weighted by Gasteiger charge is 2.18. The quantitative estimate of drug-likeness (QED) is 0.517. The number of benzene rings is 1. The van der Waals surface area contributed by atoms with E-state index in [1.807, 2.05) is 6.07 Å². The molecule has 0 saturated carbocycles. The van der Waals surface area contributed by atoms with E-state index in [-0.39, 0.29) is 17.1 Å². The summed E-state index contributed by atoms with van der Waals surface area (Å²) in [5.41, 5.74) is 0.836. The summed E-state index contributed by atoms with van der Waals surface area (Å²) in [6.07, 6.45) is 1.45. The summed E-state index contributed by atoms with van der Waals surface area (Å²) in [4.78, 5) is 12.1. The molecule has 1 heterocycles. The van der Waals surface area contributed by atoms with E-state index in [1.54, 1.807) is 12.1 Å². The topological polar surface area (TPSA) is 54.9 Å². The summed E-state index contributed by atoms with van der Waals surface area (Å²) >= 11 is 2.72. The number of hydrogen-bond acceptors (Lipinski definition) is 5. The van der Waals surface area contributed by atoms with E-state index < -0.39 is 0 Å². The van der Waals surface area contributed by atoms with Crippen molar-refractivity contribution in [1.82, 2.24) is 10.2 Å². The van der Waals surface area contributed by atoms with E-state index in [2.05, 4.69) is 43.2 Å². The van der Waals surface area contributed by atoms with Crippen LogP contribution in [0.3, 0.4) is 0 Å². The molecule has 7 heteroatoms. The van der Waals surface area contributed by atoms with Crippen molar-refractivity contribution in [2.24, 2.45) is 11.3 Å². The predicted molar refractivity (Wildman–Crippen MR) is 102 cm³/mol. The lowest BCUT2D eigenvalue weighted by Crippen LogP contribution is -2.18.